The van der Waals surface area contributed by atoms with Crippen LogP contribution in [0.1, 0.15) is 19.3 Å². The van der Waals surface area contributed by atoms with Crippen molar-refractivity contribution in [2.75, 3.05) is 39.5 Å². The Hall–Kier alpha value is -0.850. The van der Waals surface area contributed by atoms with E-state index in [1.807, 2.05) is 4.90 Å². The van der Waals surface area contributed by atoms with Crippen molar-refractivity contribution in [1.82, 2.24) is 4.90 Å². The molecule has 1 aliphatic heterocycles. The number of amides is 1. The summed E-state index contributed by atoms with van der Waals surface area (Å²) in [5.41, 5.74) is 0. The minimum Gasteiger partial charge on any atom is -0.490 e. The minimum atomic E-state index is 0.124. The maximum Gasteiger partial charge on any atom is 0.222 e. The fraction of sp³-hybridized carbons (Fsp3) is 0.500. The summed E-state index contributed by atoms with van der Waals surface area (Å²) in [5.74, 6) is 1.04. The molecule has 1 aromatic rings. The summed E-state index contributed by atoms with van der Waals surface area (Å²) in [4.78, 5) is 13.9. The van der Waals surface area contributed by atoms with E-state index in [0.717, 1.165) is 12.8 Å². The van der Waals surface area contributed by atoms with Crippen LogP contribution >= 0.6 is 46.4 Å². The maximum absolute atomic E-state index is 12.1. The number of hydrogen-bond acceptors (Lipinski definition) is 4. The third-order valence-corrected chi connectivity index (χ3v) is 4.72. The number of unbranched alkanes of at least 4 members (excludes halogenated alkanes) is 1. The van der Waals surface area contributed by atoms with Gasteiger partial charge >= 0.3 is 0 Å². The van der Waals surface area contributed by atoms with Crippen LogP contribution in [0, 0.1) is 0 Å². The first-order valence-electron chi connectivity index (χ1n) is 8.58. The summed E-state index contributed by atoms with van der Waals surface area (Å²) in [6, 6.07) is 3.22. The second-order valence-corrected chi connectivity index (χ2v) is 7.64. The zero-order valence-electron chi connectivity index (χ0n) is 14.7. The van der Waals surface area contributed by atoms with Crippen LogP contribution < -0.4 is 9.47 Å². The molecule has 0 radical (unpaired) electrons. The average molecular weight is 457 g/mol. The Bertz CT molecular complexity index is 636. The Kier molecular flexibility index (Phi) is 9.87. The number of morpholine rings is 1. The lowest BCUT2D eigenvalue weighted by Gasteiger charge is -2.26. The van der Waals surface area contributed by atoms with Gasteiger partial charge in [0, 0.05) is 31.6 Å². The minimum absolute atomic E-state index is 0.124. The highest BCUT2D eigenvalue weighted by molar-refractivity contribution is 6.55. The molecular weight excluding hydrogens is 436 g/mol. The highest BCUT2D eigenvalue weighted by atomic mass is 35.5. The quantitative estimate of drug-likeness (QED) is 0.485. The van der Waals surface area contributed by atoms with Crippen molar-refractivity contribution in [3.63, 3.8) is 0 Å². The number of hydrogen-bond donors (Lipinski definition) is 0. The molecule has 1 amide bonds. The van der Waals surface area contributed by atoms with Gasteiger partial charge in [0.1, 0.15) is 16.8 Å². The normalized spacial score (nSPS) is 14.0. The third-order valence-electron chi connectivity index (χ3n) is 3.85. The molecule has 1 heterocycles. The summed E-state index contributed by atoms with van der Waals surface area (Å²) in [6.45, 7) is 3.18. The molecule has 2 rings (SSSR count). The van der Waals surface area contributed by atoms with Gasteiger partial charge in [0.15, 0.2) is 5.75 Å². The number of nitrogens with zero attached hydrogens (tertiary/aromatic N) is 1. The van der Waals surface area contributed by atoms with E-state index in [9.17, 15) is 4.79 Å². The van der Waals surface area contributed by atoms with Crippen LogP contribution in [0.3, 0.4) is 0 Å². The molecule has 0 aromatic heterocycles. The predicted molar refractivity (Wildman–Crippen MR) is 108 cm³/mol. The van der Waals surface area contributed by atoms with Gasteiger partial charge in [-0.1, -0.05) is 46.4 Å². The molecule has 9 heteroatoms. The molecule has 0 N–H and O–H groups in total. The van der Waals surface area contributed by atoms with E-state index in [1.54, 1.807) is 12.1 Å². The SMILES string of the molecule is O=C(CCCCOc1c(Cl)cc(OCC=C(Cl)Cl)cc1Cl)N1CCOCC1. The topological polar surface area (TPSA) is 48.0 Å². The molecule has 0 bridgehead atoms. The van der Waals surface area contributed by atoms with E-state index < -0.39 is 0 Å². The second-order valence-electron chi connectivity index (χ2n) is 5.82. The van der Waals surface area contributed by atoms with E-state index in [2.05, 4.69) is 0 Å². The van der Waals surface area contributed by atoms with Crippen molar-refractivity contribution in [2.45, 2.75) is 19.3 Å². The van der Waals surface area contributed by atoms with E-state index in [1.165, 1.54) is 6.08 Å². The van der Waals surface area contributed by atoms with Crippen molar-refractivity contribution in [3.05, 3.63) is 32.7 Å². The summed E-state index contributed by atoms with van der Waals surface area (Å²) in [5, 5.41) is 0.700. The van der Waals surface area contributed by atoms with Gasteiger partial charge in [0.2, 0.25) is 5.91 Å². The van der Waals surface area contributed by atoms with E-state index in [-0.39, 0.29) is 17.0 Å². The van der Waals surface area contributed by atoms with Crippen LogP contribution in [0.4, 0.5) is 0 Å². The van der Waals surface area contributed by atoms with Crippen LogP contribution in [-0.4, -0.2) is 50.3 Å². The smallest absolute Gasteiger partial charge is 0.222 e. The Morgan fingerprint density at radius 1 is 1.11 bits per heavy atom. The highest BCUT2D eigenvalue weighted by Gasteiger charge is 2.16. The van der Waals surface area contributed by atoms with Gasteiger partial charge in [-0.25, -0.2) is 0 Å². The van der Waals surface area contributed by atoms with Crippen molar-refractivity contribution < 1.29 is 19.0 Å². The number of ether oxygens (including phenoxy) is 3. The van der Waals surface area contributed by atoms with Crippen LogP contribution in [-0.2, 0) is 9.53 Å². The summed E-state index contributed by atoms with van der Waals surface area (Å²) in [7, 11) is 0. The lowest BCUT2D eigenvalue weighted by molar-refractivity contribution is -0.135. The molecule has 1 saturated heterocycles. The van der Waals surface area contributed by atoms with Crippen molar-refractivity contribution in [2.24, 2.45) is 0 Å². The lowest BCUT2D eigenvalue weighted by atomic mass is 10.2. The zero-order valence-corrected chi connectivity index (χ0v) is 17.7. The molecule has 5 nitrogen and oxygen atoms in total. The zero-order chi connectivity index (χ0) is 19.6. The number of benzene rings is 1. The molecule has 0 aliphatic carbocycles. The Labute approximate surface area is 179 Å². The van der Waals surface area contributed by atoms with Gasteiger partial charge < -0.3 is 19.1 Å². The highest BCUT2D eigenvalue weighted by Crippen LogP contribution is 2.37. The molecule has 150 valence electrons. The van der Waals surface area contributed by atoms with Crippen LogP contribution in [0.2, 0.25) is 10.0 Å². The van der Waals surface area contributed by atoms with Gasteiger partial charge in [-0.3, -0.25) is 4.79 Å². The van der Waals surface area contributed by atoms with Crippen LogP contribution in [0.5, 0.6) is 11.5 Å². The van der Waals surface area contributed by atoms with E-state index >= 15 is 0 Å². The molecule has 1 fully saturated rings. The fourth-order valence-corrected chi connectivity index (χ4v) is 3.18. The molecule has 0 atom stereocenters. The number of halogens is 4. The second kappa shape index (κ2) is 11.9. The summed E-state index contributed by atoms with van der Waals surface area (Å²) < 4.78 is 16.5. The van der Waals surface area contributed by atoms with Crippen LogP contribution in [0.15, 0.2) is 22.7 Å². The third kappa shape index (κ3) is 7.96. The molecule has 1 aliphatic rings. The largest absolute Gasteiger partial charge is 0.490 e. The monoisotopic (exact) mass is 455 g/mol. The first kappa shape index (κ1) is 22.4. The fourth-order valence-electron chi connectivity index (χ4n) is 2.48. The number of carbonyl (C=O) groups is 1. The number of carbonyl (C=O) groups excluding carboxylic acids is 1. The van der Waals surface area contributed by atoms with E-state index in [4.69, 9.17) is 60.6 Å². The molecule has 1 aromatic carbocycles. The summed E-state index contributed by atoms with van der Waals surface area (Å²) in [6.07, 6.45) is 3.46. The molecule has 0 unspecified atom stereocenters. The molecule has 0 saturated carbocycles. The van der Waals surface area contributed by atoms with Gasteiger partial charge in [-0.05, 0) is 18.9 Å². The first-order chi connectivity index (χ1) is 13.0. The van der Waals surface area contributed by atoms with Crippen LogP contribution in [0.25, 0.3) is 0 Å². The average Bonchev–Trinajstić information content (AvgIpc) is 2.63. The Morgan fingerprint density at radius 2 is 1.78 bits per heavy atom. The number of rotatable bonds is 9. The van der Waals surface area contributed by atoms with Gasteiger partial charge in [0.05, 0.1) is 29.9 Å². The van der Waals surface area contributed by atoms with Crippen molar-refractivity contribution in [3.8, 4) is 11.5 Å². The van der Waals surface area contributed by atoms with Gasteiger partial charge in [-0.2, -0.15) is 0 Å². The molecule has 27 heavy (non-hydrogen) atoms. The van der Waals surface area contributed by atoms with Crippen molar-refractivity contribution >= 4 is 52.3 Å². The Balaban J connectivity index is 1.73. The maximum atomic E-state index is 12.1. The standard InChI is InChI=1S/C18H21Cl4NO4/c19-14-11-13(26-8-4-16(21)22)12-15(20)18(14)27-7-2-1-3-17(24)23-5-9-25-10-6-23/h4,11-12H,1-3,5-10H2. The predicted octanol–water partition coefficient (Wildman–Crippen LogP) is 5.10. The van der Waals surface area contributed by atoms with E-state index in [0.29, 0.717) is 60.9 Å². The van der Waals surface area contributed by atoms with Gasteiger partial charge in [-0.15, -0.1) is 0 Å². The van der Waals surface area contributed by atoms with Crippen molar-refractivity contribution in [1.29, 1.82) is 0 Å². The Morgan fingerprint density at radius 3 is 2.41 bits per heavy atom. The molecule has 0 spiro atoms. The molecular formula is C18H21Cl4NO4. The lowest BCUT2D eigenvalue weighted by Crippen LogP contribution is -2.40. The summed E-state index contributed by atoms with van der Waals surface area (Å²) >= 11 is 23.5. The first-order valence-corrected chi connectivity index (χ1v) is 10.1. The van der Waals surface area contributed by atoms with Gasteiger partial charge in [0.25, 0.3) is 0 Å².